The van der Waals surface area contributed by atoms with Gasteiger partial charge in [0.15, 0.2) is 11.5 Å². The predicted molar refractivity (Wildman–Crippen MR) is 118 cm³/mol. The summed E-state index contributed by atoms with van der Waals surface area (Å²) in [6, 6.07) is 13.0. The van der Waals surface area contributed by atoms with Crippen LogP contribution in [0.1, 0.15) is 36.5 Å². The van der Waals surface area contributed by atoms with Crippen LogP contribution in [0.3, 0.4) is 0 Å². The van der Waals surface area contributed by atoms with Crippen LogP contribution in [0.15, 0.2) is 40.9 Å². The Morgan fingerprint density at radius 3 is 2.75 bits per heavy atom. The van der Waals surface area contributed by atoms with Crippen molar-refractivity contribution >= 4 is 15.9 Å². The summed E-state index contributed by atoms with van der Waals surface area (Å²) in [5, 5.41) is 3.62. The number of hydrogen-bond donors (Lipinski definition) is 1. The van der Waals surface area contributed by atoms with Gasteiger partial charge in [-0.3, -0.25) is 4.90 Å². The van der Waals surface area contributed by atoms with E-state index < -0.39 is 0 Å². The predicted octanol–water partition coefficient (Wildman–Crippen LogP) is 4.92. The smallest absolute Gasteiger partial charge is 0.162 e. The number of benzene rings is 2. The number of aryl methyl sites for hydroxylation is 1. The quantitative estimate of drug-likeness (QED) is 0.592. The molecule has 28 heavy (non-hydrogen) atoms. The summed E-state index contributed by atoms with van der Waals surface area (Å²) in [5.41, 5.74) is 3.60. The zero-order chi connectivity index (χ0) is 19.9. The van der Waals surface area contributed by atoms with Gasteiger partial charge in [-0.1, -0.05) is 47.1 Å². The van der Waals surface area contributed by atoms with Gasteiger partial charge in [0.1, 0.15) is 6.61 Å². The van der Waals surface area contributed by atoms with Crippen molar-refractivity contribution < 1.29 is 9.47 Å². The van der Waals surface area contributed by atoms with Gasteiger partial charge in [0.2, 0.25) is 0 Å². The molecule has 1 fully saturated rings. The van der Waals surface area contributed by atoms with Gasteiger partial charge in [-0.25, -0.2) is 0 Å². The van der Waals surface area contributed by atoms with Gasteiger partial charge < -0.3 is 14.8 Å². The number of likely N-dealkylation sites (N-methyl/N-ethyl adjacent to an activating group) is 1. The highest BCUT2D eigenvalue weighted by molar-refractivity contribution is 9.10. The van der Waals surface area contributed by atoms with E-state index in [4.69, 9.17) is 9.47 Å². The van der Waals surface area contributed by atoms with E-state index in [0.29, 0.717) is 12.6 Å². The molecule has 0 aromatic heterocycles. The molecule has 3 rings (SSSR count). The van der Waals surface area contributed by atoms with Gasteiger partial charge in [-0.05, 0) is 61.7 Å². The van der Waals surface area contributed by atoms with E-state index in [1.54, 1.807) is 7.11 Å². The summed E-state index contributed by atoms with van der Waals surface area (Å²) in [5.74, 6) is 1.53. The standard InChI is InChI=1S/C23H31BrN2O2/c1-4-26-11-7-10-20(26)15-25-14-19-12-22(27-3)23(13-21(19)24)28-16-18-9-6-5-8-17(18)2/h5-6,8-9,12-13,20,25H,4,7,10-11,14-16H2,1-3H3. The molecule has 0 spiro atoms. The van der Waals surface area contributed by atoms with Crippen LogP contribution in [0, 0.1) is 6.92 Å². The first-order chi connectivity index (χ1) is 13.6. The fourth-order valence-electron chi connectivity index (χ4n) is 3.83. The van der Waals surface area contributed by atoms with Crippen LogP contribution in [0.5, 0.6) is 11.5 Å². The van der Waals surface area contributed by atoms with E-state index in [1.807, 2.05) is 18.2 Å². The Kier molecular flexibility index (Phi) is 7.77. The van der Waals surface area contributed by atoms with Gasteiger partial charge in [0, 0.05) is 23.6 Å². The van der Waals surface area contributed by atoms with Crippen LogP contribution >= 0.6 is 15.9 Å². The Balaban J connectivity index is 1.61. The lowest BCUT2D eigenvalue weighted by Crippen LogP contribution is -2.37. The number of halogens is 1. The van der Waals surface area contributed by atoms with E-state index in [0.717, 1.165) is 35.6 Å². The topological polar surface area (TPSA) is 33.7 Å². The van der Waals surface area contributed by atoms with E-state index in [2.05, 4.69) is 58.2 Å². The van der Waals surface area contributed by atoms with Crippen LogP contribution in [0.2, 0.25) is 0 Å². The molecule has 2 aromatic rings. The summed E-state index contributed by atoms with van der Waals surface area (Å²) in [6.45, 7) is 9.07. The fraction of sp³-hybridized carbons (Fsp3) is 0.478. The number of nitrogens with zero attached hydrogens (tertiary/aromatic N) is 1. The van der Waals surface area contributed by atoms with Crippen molar-refractivity contribution in [1.82, 2.24) is 10.2 Å². The Morgan fingerprint density at radius 1 is 1.18 bits per heavy atom. The number of rotatable bonds is 9. The van der Waals surface area contributed by atoms with Gasteiger partial charge in [0.05, 0.1) is 7.11 Å². The maximum atomic E-state index is 6.06. The molecule has 2 aromatic carbocycles. The largest absolute Gasteiger partial charge is 0.493 e. The van der Waals surface area contributed by atoms with Crippen LogP contribution in [-0.2, 0) is 13.2 Å². The maximum Gasteiger partial charge on any atom is 0.162 e. The zero-order valence-corrected chi connectivity index (χ0v) is 18.7. The van der Waals surface area contributed by atoms with Crippen LogP contribution in [0.25, 0.3) is 0 Å². The lowest BCUT2D eigenvalue weighted by molar-refractivity contribution is 0.259. The first kappa shape index (κ1) is 21.2. The molecule has 0 amide bonds. The third kappa shape index (κ3) is 5.28. The third-order valence-electron chi connectivity index (χ3n) is 5.58. The Morgan fingerprint density at radius 2 is 2.00 bits per heavy atom. The summed E-state index contributed by atoms with van der Waals surface area (Å²) in [4.78, 5) is 2.56. The number of likely N-dealkylation sites (tertiary alicyclic amines) is 1. The minimum Gasteiger partial charge on any atom is -0.493 e. The average molecular weight is 447 g/mol. The highest BCUT2D eigenvalue weighted by Gasteiger charge is 2.22. The van der Waals surface area contributed by atoms with E-state index >= 15 is 0 Å². The number of methoxy groups -OCH3 is 1. The molecular weight excluding hydrogens is 416 g/mol. The lowest BCUT2D eigenvalue weighted by atomic mass is 10.1. The normalized spacial score (nSPS) is 17.1. The summed E-state index contributed by atoms with van der Waals surface area (Å²) < 4.78 is 12.7. The van der Waals surface area contributed by atoms with Crippen LogP contribution < -0.4 is 14.8 Å². The van der Waals surface area contributed by atoms with Gasteiger partial charge in [-0.15, -0.1) is 0 Å². The average Bonchev–Trinajstić information content (AvgIpc) is 3.16. The van der Waals surface area contributed by atoms with Gasteiger partial charge in [0.25, 0.3) is 0 Å². The molecule has 5 heteroatoms. The fourth-order valence-corrected chi connectivity index (χ4v) is 4.29. The van der Waals surface area contributed by atoms with Crippen LogP contribution in [-0.4, -0.2) is 37.7 Å². The number of ether oxygens (including phenoxy) is 2. The van der Waals surface area contributed by atoms with E-state index in [-0.39, 0.29) is 0 Å². The molecule has 1 aliphatic heterocycles. The second-order valence-electron chi connectivity index (χ2n) is 7.37. The maximum absolute atomic E-state index is 6.06. The second kappa shape index (κ2) is 10.3. The molecule has 1 unspecified atom stereocenters. The van der Waals surface area contributed by atoms with Crippen molar-refractivity contribution in [2.45, 2.75) is 45.9 Å². The zero-order valence-electron chi connectivity index (χ0n) is 17.1. The lowest BCUT2D eigenvalue weighted by Gasteiger charge is -2.23. The molecule has 1 saturated heterocycles. The number of hydrogen-bond acceptors (Lipinski definition) is 4. The molecule has 0 saturated carbocycles. The van der Waals surface area contributed by atoms with Crippen molar-refractivity contribution in [3.8, 4) is 11.5 Å². The van der Waals surface area contributed by atoms with Gasteiger partial charge in [-0.2, -0.15) is 0 Å². The molecule has 1 atom stereocenters. The highest BCUT2D eigenvalue weighted by Crippen LogP contribution is 2.34. The van der Waals surface area contributed by atoms with Crippen LogP contribution in [0.4, 0.5) is 0 Å². The van der Waals surface area contributed by atoms with E-state index in [9.17, 15) is 0 Å². The molecule has 1 N–H and O–H groups in total. The minimum absolute atomic E-state index is 0.529. The Hall–Kier alpha value is -1.56. The SMILES string of the molecule is CCN1CCCC1CNCc1cc(OC)c(OCc2ccccc2C)cc1Br. The number of nitrogens with one attached hydrogen (secondary N) is 1. The van der Waals surface area contributed by atoms with Crippen molar-refractivity contribution in [2.75, 3.05) is 26.7 Å². The summed E-state index contributed by atoms with van der Waals surface area (Å²) in [6.07, 6.45) is 2.60. The first-order valence-electron chi connectivity index (χ1n) is 10.1. The monoisotopic (exact) mass is 446 g/mol. The Bertz CT molecular complexity index is 781. The summed E-state index contributed by atoms with van der Waals surface area (Å²) in [7, 11) is 1.69. The summed E-state index contributed by atoms with van der Waals surface area (Å²) >= 11 is 3.70. The molecule has 4 nitrogen and oxygen atoms in total. The molecule has 1 aliphatic rings. The van der Waals surface area contributed by atoms with Crippen molar-refractivity contribution in [3.63, 3.8) is 0 Å². The Labute approximate surface area is 177 Å². The first-order valence-corrected chi connectivity index (χ1v) is 10.9. The molecule has 152 valence electrons. The molecule has 0 radical (unpaired) electrons. The minimum atomic E-state index is 0.529. The molecule has 0 aliphatic carbocycles. The molecular formula is C23H31BrN2O2. The van der Waals surface area contributed by atoms with Crippen molar-refractivity contribution in [3.05, 3.63) is 57.6 Å². The van der Waals surface area contributed by atoms with E-state index in [1.165, 1.54) is 36.1 Å². The van der Waals surface area contributed by atoms with Gasteiger partial charge >= 0.3 is 0 Å². The second-order valence-corrected chi connectivity index (χ2v) is 8.22. The third-order valence-corrected chi connectivity index (χ3v) is 6.32. The van der Waals surface area contributed by atoms with Crippen molar-refractivity contribution in [1.29, 1.82) is 0 Å². The molecule has 0 bridgehead atoms. The highest BCUT2D eigenvalue weighted by atomic mass is 79.9. The molecule has 1 heterocycles. The van der Waals surface area contributed by atoms with Crippen molar-refractivity contribution in [2.24, 2.45) is 0 Å².